The van der Waals surface area contributed by atoms with Gasteiger partial charge in [0.05, 0.1) is 11.1 Å². The fourth-order valence-corrected chi connectivity index (χ4v) is 3.13. The van der Waals surface area contributed by atoms with Crippen LogP contribution in [0.5, 0.6) is 5.75 Å². The summed E-state index contributed by atoms with van der Waals surface area (Å²) in [6.07, 6.45) is 2.75. The lowest BCUT2D eigenvalue weighted by Crippen LogP contribution is -2.30. The Hall–Kier alpha value is -1.77. The number of hydrogen-bond donors (Lipinski definition) is 0. The van der Waals surface area contributed by atoms with Crippen LogP contribution in [0.1, 0.15) is 32.3 Å². The van der Waals surface area contributed by atoms with Gasteiger partial charge in [-0.2, -0.15) is 0 Å². The molecule has 1 unspecified atom stereocenters. The molecule has 1 aromatic carbocycles. The maximum Gasteiger partial charge on any atom is 0.257 e. The Bertz CT molecular complexity index is 702. The predicted molar refractivity (Wildman–Crippen MR) is 76.8 cm³/mol. The average Bonchev–Trinajstić information content (AvgIpc) is 2.75. The summed E-state index contributed by atoms with van der Waals surface area (Å²) in [6.45, 7) is 4.25. The molecule has 0 spiro atoms. The molecule has 2 heterocycles. The number of para-hydroxylation sites is 1. The third-order valence-corrected chi connectivity index (χ3v) is 4.02. The highest BCUT2D eigenvalue weighted by molar-refractivity contribution is 5.87. The van der Waals surface area contributed by atoms with E-state index in [0.29, 0.717) is 6.42 Å². The molecule has 3 rings (SSSR count). The monoisotopic (exact) mass is 257 g/mol. The highest BCUT2D eigenvalue weighted by atomic mass is 16.5. The molecular weight excluding hydrogens is 238 g/mol. The molecule has 3 nitrogen and oxygen atoms in total. The highest BCUT2D eigenvalue weighted by Gasteiger charge is 2.37. The van der Waals surface area contributed by atoms with Gasteiger partial charge in [0, 0.05) is 18.9 Å². The summed E-state index contributed by atoms with van der Waals surface area (Å²) in [6, 6.07) is 7.95. The topological polar surface area (TPSA) is 31.2 Å². The normalized spacial score (nSPS) is 21.4. The number of aromatic nitrogens is 1. The minimum absolute atomic E-state index is 0.0773. The van der Waals surface area contributed by atoms with Gasteiger partial charge in [0.15, 0.2) is 0 Å². The standard InChI is InChI=1S/C16H19NO2/c1-4-9-16(2)10-12-14(19-16)11-7-5-6-8-13(11)17(3)15(12)18/h5-8H,4,9-10H2,1-3H3. The zero-order chi connectivity index (χ0) is 13.6. The molecule has 1 aliphatic heterocycles. The average molecular weight is 257 g/mol. The van der Waals surface area contributed by atoms with Gasteiger partial charge in [-0.25, -0.2) is 0 Å². The van der Waals surface area contributed by atoms with Crippen LogP contribution in [0.3, 0.4) is 0 Å². The van der Waals surface area contributed by atoms with Crippen molar-refractivity contribution in [1.29, 1.82) is 0 Å². The van der Waals surface area contributed by atoms with Crippen LogP contribution in [-0.4, -0.2) is 10.2 Å². The van der Waals surface area contributed by atoms with Crippen LogP contribution in [-0.2, 0) is 13.5 Å². The highest BCUT2D eigenvalue weighted by Crippen LogP contribution is 2.40. The van der Waals surface area contributed by atoms with Crippen LogP contribution < -0.4 is 10.3 Å². The molecule has 3 heteroatoms. The number of nitrogens with zero attached hydrogens (tertiary/aromatic N) is 1. The summed E-state index contributed by atoms with van der Waals surface area (Å²) in [4.78, 5) is 12.4. The van der Waals surface area contributed by atoms with E-state index in [-0.39, 0.29) is 11.2 Å². The number of pyridine rings is 1. The molecule has 100 valence electrons. The fourth-order valence-electron chi connectivity index (χ4n) is 3.13. The maximum absolute atomic E-state index is 12.4. The number of hydrogen-bond acceptors (Lipinski definition) is 2. The van der Waals surface area contributed by atoms with Gasteiger partial charge in [-0.3, -0.25) is 4.79 Å². The van der Waals surface area contributed by atoms with Gasteiger partial charge in [0.2, 0.25) is 0 Å². The first-order valence-corrected chi connectivity index (χ1v) is 6.85. The fraction of sp³-hybridized carbons (Fsp3) is 0.438. The molecule has 0 N–H and O–H groups in total. The van der Waals surface area contributed by atoms with Crippen LogP contribution in [0, 0.1) is 0 Å². The third kappa shape index (κ3) is 1.76. The van der Waals surface area contributed by atoms with E-state index in [1.807, 2.05) is 31.3 Å². The first-order chi connectivity index (χ1) is 9.06. The van der Waals surface area contributed by atoms with Crippen LogP contribution in [0.4, 0.5) is 0 Å². The Morgan fingerprint density at radius 3 is 2.84 bits per heavy atom. The Kier molecular flexibility index (Phi) is 2.66. The van der Waals surface area contributed by atoms with E-state index in [2.05, 4.69) is 13.8 Å². The summed E-state index contributed by atoms with van der Waals surface area (Å²) >= 11 is 0. The second-order valence-corrected chi connectivity index (χ2v) is 5.67. The van der Waals surface area contributed by atoms with Crippen LogP contribution in [0.2, 0.25) is 0 Å². The van der Waals surface area contributed by atoms with Crippen molar-refractivity contribution in [2.45, 2.75) is 38.7 Å². The lowest BCUT2D eigenvalue weighted by atomic mass is 9.95. The first kappa shape index (κ1) is 12.3. The largest absolute Gasteiger partial charge is 0.486 e. The second kappa shape index (κ2) is 4.12. The Balaban J connectivity index is 2.27. The van der Waals surface area contributed by atoms with Crippen molar-refractivity contribution < 1.29 is 4.74 Å². The van der Waals surface area contributed by atoms with Crippen molar-refractivity contribution >= 4 is 10.9 Å². The number of ether oxygens (including phenoxy) is 1. The molecule has 1 aromatic heterocycles. The summed E-state index contributed by atoms with van der Waals surface area (Å²) in [5.74, 6) is 0.801. The second-order valence-electron chi connectivity index (χ2n) is 5.67. The smallest absolute Gasteiger partial charge is 0.257 e. The molecule has 19 heavy (non-hydrogen) atoms. The Morgan fingerprint density at radius 1 is 1.37 bits per heavy atom. The Labute approximate surface area is 112 Å². The molecule has 0 saturated heterocycles. The van der Waals surface area contributed by atoms with E-state index in [1.165, 1.54) is 0 Å². The molecule has 1 atom stereocenters. The number of fused-ring (bicyclic) bond motifs is 3. The van der Waals surface area contributed by atoms with Crippen molar-refractivity contribution in [3.8, 4) is 5.75 Å². The van der Waals surface area contributed by atoms with Crippen molar-refractivity contribution in [3.63, 3.8) is 0 Å². The summed E-state index contributed by atoms with van der Waals surface area (Å²) in [7, 11) is 1.83. The third-order valence-electron chi connectivity index (χ3n) is 4.02. The number of aryl methyl sites for hydroxylation is 1. The van der Waals surface area contributed by atoms with Crippen molar-refractivity contribution in [1.82, 2.24) is 4.57 Å². The summed E-state index contributed by atoms with van der Waals surface area (Å²) in [5.41, 5.74) is 1.62. The van der Waals surface area contributed by atoms with Gasteiger partial charge in [-0.1, -0.05) is 25.5 Å². The minimum Gasteiger partial charge on any atom is -0.486 e. The maximum atomic E-state index is 12.4. The lowest BCUT2D eigenvalue weighted by Gasteiger charge is -2.23. The van der Waals surface area contributed by atoms with Crippen molar-refractivity contribution in [3.05, 3.63) is 40.2 Å². The minimum atomic E-state index is -0.229. The lowest BCUT2D eigenvalue weighted by molar-refractivity contribution is 0.106. The van der Waals surface area contributed by atoms with Gasteiger partial charge < -0.3 is 9.30 Å². The molecule has 0 bridgehead atoms. The van der Waals surface area contributed by atoms with Gasteiger partial charge in [0.25, 0.3) is 5.56 Å². The molecular formula is C16H19NO2. The molecule has 0 saturated carbocycles. The van der Waals surface area contributed by atoms with Crippen LogP contribution in [0.15, 0.2) is 29.1 Å². The van der Waals surface area contributed by atoms with Crippen LogP contribution in [0.25, 0.3) is 10.9 Å². The molecule has 1 aliphatic rings. The molecule has 0 aliphatic carbocycles. The van der Waals surface area contributed by atoms with E-state index in [0.717, 1.165) is 35.1 Å². The van der Waals surface area contributed by atoms with Crippen LogP contribution >= 0.6 is 0 Å². The predicted octanol–water partition coefficient (Wildman–Crippen LogP) is 3.03. The number of rotatable bonds is 2. The molecule has 2 aromatic rings. The van der Waals surface area contributed by atoms with Gasteiger partial charge in [-0.05, 0) is 25.5 Å². The summed E-state index contributed by atoms with van der Waals surface area (Å²) in [5, 5.41) is 1.04. The van der Waals surface area contributed by atoms with Gasteiger partial charge in [-0.15, -0.1) is 0 Å². The van der Waals surface area contributed by atoms with Crippen molar-refractivity contribution in [2.75, 3.05) is 0 Å². The zero-order valence-electron chi connectivity index (χ0n) is 11.7. The zero-order valence-corrected chi connectivity index (χ0v) is 11.7. The van der Waals surface area contributed by atoms with Gasteiger partial charge in [0.1, 0.15) is 11.4 Å². The van der Waals surface area contributed by atoms with E-state index >= 15 is 0 Å². The van der Waals surface area contributed by atoms with E-state index in [4.69, 9.17) is 4.74 Å². The molecule has 0 amide bonds. The quantitative estimate of drug-likeness (QED) is 0.828. The number of benzene rings is 1. The SMILES string of the molecule is CCCC1(C)Cc2c(c3ccccc3n(C)c2=O)O1. The molecule has 0 fully saturated rings. The summed E-state index contributed by atoms with van der Waals surface area (Å²) < 4.78 is 7.90. The van der Waals surface area contributed by atoms with Crippen molar-refractivity contribution in [2.24, 2.45) is 7.05 Å². The first-order valence-electron chi connectivity index (χ1n) is 6.85. The van der Waals surface area contributed by atoms with E-state index < -0.39 is 0 Å². The van der Waals surface area contributed by atoms with Gasteiger partial charge >= 0.3 is 0 Å². The van der Waals surface area contributed by atoms with E-state index in [9.17, 15) is 4.79 Å². The Morgan fingerprint density at radius 2 is 2.11 bits per heavy atom. The van der Waals surface area contributed by atoms with E-state index in [1.54, 1.807) is 4.57 Å². The molecule has 0 radical (unpaired) electrons.